The van der Waals surface area contributed by atoms with Gasteiger partial charge in [-0.15, -0.1) is 0 Å². The summed E-state index contributed by atoms with van der Waals surface area (Å²) in [4.78, 5) is 0. The summed E-state index contributed by atoms with van der Waals surface area (Å²) >= 11 is 0. The average Bonchev–Trinajstić information content (AvgIpc) is 3.27. The maximum Gasteiger partial charge on any atom is 0.0679 e. The van der Waals surface area contributed by atoms with E-state index in [0.717, 1.165) is 25.7 Å². The first kappa shape index (κ1) is 33.2. The number of rotatable bonds is 3. The van der Waals surface area contributed by atoms with Crippen molar-refractivity contribution in [2.24, 2.45) is 11.8 Å². The van der Waals surface area contributed by atoms with Crippen LogP contribution in [-0.4, -0.2) is 0 Å². The van der Waals surface area contributed by atoms with E-state index >= 15 is 0 Å². The van der Waals surface area contributed by atoms with E-state index < -0.39 is 0 Å². The van der Waals surface area contributed by atoms with Crippen LogP contribution < -0.4 is 0 Å². The van der Waals surface area contributed by atoms with Gasteiger partial charge >= 0.3 is 0 Å². The van der Waals surface area contributed by atoms with Crippen molar-refractivity contribution >= 4 is 5.57 Å². The lowest BCUT2D eigenvalue weighted by atomic mass is 9.71. The first-order valence-electron chi connectivity index (χ1n) is 20.1. The third kappa shape index (κ3) is 5.05. The van der Waals surface area contributed by atoms with Crippen molar-refractivity contribution in [3.63, 3.8) is 0 Å². The van der Waals surface area contributed by atoms with Crippen LogP contribution in [0.15, 0.2) is 132 Å². The van der Waals surface area contributed by atoms with Crippen molar-refractivity contribution in [1.82, 2.24) is 0 Å². The van der Waals surface area contributed by atoms with E-state index in [1.165, 1.54) is 100 Å². The summed E-state index contributed by atoms with van der Waals surface area (Å²) in [5, 5.41) is 0. The molecule has 0 fully saturated rings. The number of hydrogen-bond acceptors (Lipinski definition) is 0. The summed E-state index contributed by atoms with van der Waals surface area (Å²) in [5.74, 6) is 8.33. The van der Waals surface area contributed by atoms with Crippen LogP contribution in [0, 0.1) is 44.4 Å². The van der Waals surface area contributed by atoms with Gasteiger partial charge in [-0.1, -0.05) is 141 Å². The average molecular weight is 697 g/mol. The monoisotopic (exact) mass is 696 g/mol. The molecule has 0 heterocycles. The highest BCUT2D eigenvalue weighted by atomic mass is 14.5. The van der Waals surface area contributed by atoms with Crippen LogP contribution >= 0.6 is 0 Å². The van der Waals surface area contributed by atoms with E-state index in [9.17, 15) is 0 Å². The molecule has 10 rings (SSSR count). The Kier molecular flexibility index (Phi) is 7.58. The van der Waals surface area contributed by atoms with Crippen LogP contribution in [0.3, 0.4) is 0 Å². The highest BCUT2D eigenvalue weighted by molar-refractivity contribution is 5.90. The quantitative estimate of drug-likeness (QED) is 0.165. The molecule has 3 atom stereocenters. The third-order valence-electron chi connectivity index (χ3n) is 13.5. The molecule has 0 spiro atoms. The minimum atomic E-state index is -0.118. The highest BCUT2D eigenvalue weighted by Crippen LogP contribution is 2.54. The van der Waals surface area contributed by atoms with Crippen molar-refractivity contribution in [2.75, 3.05) is 0 Å². The summed E-state index contributed by atoms with van der Waals surface area (Å²) in [7, 11) is 0. The van der Waals surface area contributed by atoms with Gasteiger partial charge in [-0.2, -0.15) is 0 Å². The second-order valence-corrected chi connectivity index (χ2v) is 17.1. The van der Waals surface area contributed by atoms with Crippen LogP contribution in [0.25, 0.3) is 39.0 Å². The van der Waals surface area contributed by atoms with Crippen LogP contribution in [0.4, 0.5) is 0 Å². The van der Waals surface area contributed by atoms with Crippen molar-refractivity contribution in [2.45, 2.75) is 78.6 Å². The fraction of sp³-hybridized carbons (Fsp3) is 0.259. The largest absolute Gasteiger partial charge is 0.0944 e. The van der Waals surface area contributed by atoms with E-state index in [1.807, 2.05) is 0 Å². The molecule has 54 heavy (non-hydrogen) atoms. The molecule has 0 aromatic heterocycles. The molecule has 264 valence electrons. The van der Waals surface area contributed by atoms with Crippen molar-refractivity contribution in [3.05, 3.63) is 182 Å². The van der Waals surface area contributed by atoms with Crippen molar-refractivity contribution < 1.29 is 0 Å². The second kappa shape index (κ2) is 12.3. The molecule has 0 radical (unpaired) electrons. The van der Waals surface area contributed by atoms with E-state index in [2.05, 4.69) is 169 Å². The van der Waals surface area contributed by atoms with Crippen LogP contribution in [-0.2, 0) is 11.8 Å². The van der Waals surface area contributed by atoms with E-state index in [1.54, 1.807) is 5.57 Å². The smallest absolute Gasteiger partial charge is 0.0679 e. The summed E-state index contributed by atoms with van der Waals surface area (Å²) in [5.41, 5.74) is 26.4. The number of benzene rings is 5. The van der Waals surface area contributed by atoms with Crippen molar-refractivity contribution in [1.29, 1.82) is 0 Å². The van der Waals surface area contributed by atoms with E-state index in [0.29, 0.717) is 11.8 Å². The summed E-state index contributed by atoms with van der Waals surface area (Å²) in [6, 6.07) is 35.1. The number of fused-ring (bicyclic) bond motifs is 8. The summed E-state index contributed by atoms with van der Waals surface area (Å²) < 4.78 is 0. The van der Waals surface area contributed by atoms with Gasteiger partial charge in [-0.25, -0.2) is 0 Å². The number of hydrogen-bond donors (Lipinski definition) is 0. The lowest BCUT2D eigenvalue weighted by molar-refractivity contribution is 0.592. The summed E-state index contributed by atoms with van der Waals surface area (Å²) in [6.07, 6.45) is 13.9. The fourth-order valence-electron chi connectivity index (χ4n) is 10.6. The Morgan fingerprint density at radius 3 is 2.31 bits per heavy atom. The van der Waals surface area contributed by atoms with Gasteiger partial charge in [0.2, 0.25) is 0 Å². The van der Waals surface area contributed by atoms with Gasteiger partial charge < -0.3 is 0 Å². The third-order valence-corrected chi connectivity index (χ3v) is 13.5. The Bertz CT molecular complexity index is 2630. The molecule has 0 heteroatoms. The fourth-order valence-corrected chi connectivity index (χ4v) is 10.6. The first-order valence-corrected chi connectivity index (χ1v) is 20.1. The highest BCUT2D eigenvalue weighted by Gasteiger charge is 2.43. The zero-order valence-electron chi connectivity index (χ0n) is 32.5. The van der Waals surface area contributed by atoms with E-state index in [4.69, 9.17) is 0 Å². The Balaban J connectivity index is 1.01. The van der Waals surface area contributed by atoms with Gasteiger partial charge in [0.05, 0.1) is 5.92 Å². The predicted molar refractivity (Wildman–Crippen MR) is 228 cm³/mol. The van der Waals surface area contributed by atoms with Crippen molar-refractivity contribution in [3.8, 4) is 45.2 Å². The lowest BCUT2D eigenvalue weighted by Crippen LogP contribution is -2.24. The minimum absolute atomic E-state index is 0.118. The van der Waals surface area contributed by atoms with Gasteiger partial charge in [0.1, 0.15) is 0 Å². The second-order valence-electron chi connectivity index (χ2n) is 17.1. The number of allylic oxidation sites excluding steroid dienone is 8. The molecule has 0 saturated carbocycles. The lowest BCUT2D eigenvalue weighted by Gasteiger charge is -2.31. The normalized spacial score (nSPS) is 21.9. The molecule has 5 aliphatic carbocycles. The van der Waals surface area contributed by atoms with Gasteiger partial charge in [-0.3, -0.25) is 0 Å². The van der Waals surface area contributed by atoms with Gasteiger partial charge in [0.15, 0.2) is 0 Å². The molecule has 2 bridgehead atoms. The van der Waals surface area contributed by atoms with Gasteiger partial charge in [0.25, 0.3) is 0 Å². The number of aryl methyl sites for hydroxylation is 3. The summed E-state index contributed by atoms with van der Waals surface area (Å²) in [6.45, 7) is 14.1. The van der Waals surface area contributed by atoms with Crippen LogP contribution in [0.1, 0.15) is 96.0 Å². The standard InChI is InChI=1S/C54H48/c1-32-15-19-41(29-49(32)52-33(2)16-22-44-35(4)43-13-9-7-12-40(43)30-50(44)52)42-25-20-37(27-34(42)3)38-21-26-46-48-24-18-36-17-23-47(45-14-10-8-11-39(45)28-36)53(48)54(5,6)51(46)31-38/h7,9-10,12-16,18-22,24-27,29,31,35-36,47H,8,11,28,30H2,1-6H3/b24-18-. The Labute approximate surface area is 322 Å². The Hall–Kier alpha value is -5.38. The maximum absolute atomic E-state index is 3.79. The molecule has 0 nitrogen and oxygen atoms in total. The molecular weight excluding hydrogens is 649 g/mol. The molecule has 0 aliphatic heterocycles. The molecule has 5 aromatic rings. The Morgan fingerprint density at radius 2 is 1.46 bits per heavy atom. The van der Waals surface area contributed by atoms with E-state index in [-0.39, 0.29) is 11.3 Å². The molecule has 0 amide bonds. The topological polar surface area (TPSA) is 0 Å². The molecular formula is C54H48. The SMILES string of the molecule is Cc1cc(-c2ccc3c(c2)C(C)(C)C2=C3/C=C\C3C#CC2C2=C(CCC=C2)C3)ccc1-c1ccc(C)c(-c2c(C)ccc3c2Cc2ccccc2C3C)c1. The van der Waals surface area contributed by atoms with Gasteiger partial charge in [-0.05, 0) is 159 Å². The maximum atomic E-state index is 3.79. The zero-order valence-corrected chi connectivity index (χ0v) is 32.5. The molecule has 5 aliphatic rings. The van der Waals surface area contributed by atoms with Crippen LogP contribution in [0.5, 0.6) is 0 Å². The first-order chi connectivity index (χ1) is 26.2. The zero-order chi connectivity index (χ0) is 36.9. The molecule has 5 aromatic carbocycles. The van der Waals surface area contributed by atoms with Gasteiger partial charge in [0, 0.05) is 17.3 Å². The predicted octanol–water partition coefficient (Wildman–Crippen LogP) is 13.6. The molecule has 0 saturated heterocycles. The molecule has 3 unspecified atom stereocenters. The molecule has 0 N–H and O–H groups in total. The van der Waals surface area contributed by atoms with Crippen LogP contribution in [0.2, 0.25) is 0 Å². The Morgan fingerprint density at radius 1 is 0.685 bits per heavy atom. The minimum Gasteiger partial charge on any atom is -0.0944 e.